The van der Waals surface area contributed by atoms with Gasteiger partial charge < -0.3 is 16.0 Å². The van der Waals surface area contributed by atoms with Crippen LogP contribution < -0.4 is 11.1 Å². The van der Waals surface area contributed by atoms with E-state index in [0.29, 0.717) is 17.5 Å². The van der Waals surface area contributed by atoms with Crippen LogP contribution in [0.2, 0.25) is 0 Å². The molecule has 2 aliphatic heterocycles. The molecule has 1 aliphatic carbocycles. The normalized spacial score (nSPS) is 21.3. The molecule has 0 bridgehead atoms. The number of likely N-dealkylation sites (tertiary alicyclic amines) is 2. The Morgan fingerprint density at radius 2 is 1.69 bits per heavy atom. The molecule has 1 atom stereocenters. The van der Waals surface area contributed by atoms with E-state index in [-0.39, 0.29) is 17.7 Å². The number of aliphatic imine (C=N–C) groups is 1. The van der Waals surface area contributed by atoms with Gasteiger partial charge in [0.15, 0.2) is 0 Å². The third-order valence-corrected chi connectivity index (χ3v) is 8.87. The monoisotopic (exact) mass is 527 g/mol. The van der Waals surface area contributed by atoms with Crippen molar-refractivity contribution in [2.45, 2.75) is 57.4 Å². The first-order valence-electron chi connectivity index (χ1n) is 14.4. The summed E-state index contributed by atoms with van der Waals surface area (Å²) in [4.78, 5) is 34.9. The standard InChI is InChI=1S/C32H41N5O2/c1-22-6-7-26(18-30(22)35-31(38)27-14-17-37(21-27)29-4-3-5-29)32(39)36-15-12-25(13-16-36)23-8-10-24(11-9-23)28(19-33)20-34-2/h6-11,18-20,25,27,29H,3-5,12-17,21,33H2,1-2H3,(H,35,38). The van der Waals surface area contributed by atoms with Crippen LogP contribution in [0.15, 0.2) is 53.7 Å². The van der Waals surface area contributed by atoms with E-state index in [4.69, 9.17) is 5.73 Å². The van der Waals surface area contributed by atoms with Crippen LogP contribution in [0.25, 0.3) is 5.57 Å². The number of nitrogens with zero attached hydrogens (tertiary/aromatic N) is 3. The second-order valence-corrected chi connectivity index (χ2v) is 11.3. The predicted octanol–water partition coefficient (Wildman–Crippen LogP) is 4.83. The summed E-state index contributed by atoms with van der Waals surface area (Å²) in [6, 6.07) is 14.9. The molecule has 1 saturated carbocycles. The molecule has 39 heavy (non-hydrogen) atoms. The molecule has 0 radical (unpaired) electrons. The Balaban J connectivity index is 1.17. The van der Waals surface area contributed by atoms with Crippen LogP contribution in [-0.4, -0.2) is 67.1 Å². The maximum absolute atomic E-state index is 13.4. The van der Waals surface area contributed by atoms with Gasteiger partial charge in [-0.05, 0) is 80.3 Å². The van der Waals surface area contributed by atoms with E-state index in [1.807, 2.05) is 30.0 Å². The number of rotatable bonds is 7. The largest absolute Gasteiger partial charge is 0.404 e. The highest BCUT2D eigenvalue weighted by Gasteiger charge is 2.34. The summed E-state index contributed by atoms with van der Waals surface area (Å²) >= 11 is 0. The van der Waals surface area contributed by atoms with Gasteiger partial charge in [-0.2, -0.15) is 0 Å². The lowest BCUT2D eigenvalue weighted by Gasteiger charge is -2.34. The molecule has 1 unspecified atom stereocenters. The number of benzene rings is 2. The van der Waals surface area contributed by atoms with Gasteiger partial charge in [0, 0.05) is 62.0 Å². The average Bonchev–Trinajstić information content (AvgIpc) is 3.41. The van der Waals surface area contributed by atoms with Gasteiger partial charge in [-0.1, -0.05) is 36.8 Å². The molecule has 3 fully saturated rings. The van der Waals surface area contributed by atoms with Crippen molar-refractivity contribution in [2.75, 3.05) is 38.5 Å². The van der Waals surface area contributed by atoms with Gasteiger partial charge in [0.1, 0.15) is 0 Å². The zero-order valence-electron chi connectivity index (χ0n) is 23.2. The number of piperidine rings is 1. The Hall–Kier alpha value is -3.45. The number of anilines is 1. The third kappa shape index (κ3) is 6.09. The average molecular weight is 528 g/mol. The number of aryl methyl sites for hydroxylation is 1. The van der Waals surface area contributed by atoms with Crippen LogP contribution >= 0.6 is 0 Å². The van der Waals surface area contributed by atoms with Crippen molar-refractivity contribution in [1.29, 1.82) is 0 Å². The fourth-order valence-electron chi connectivity index (χ4n) is 6.11. The van der Waals surface area contributed by atoms with Crippen LogP contribution in [0.1, 0.15) is 71.5 Å². The molecular formula is C32H41N5O2. The molecule has 5 rings (SSSR count). The van der Waals surface area contributed by atoms with Gasteiger partial charge in [-0.15, -0.1) is 0 Å². The van der Waals surface area contributed by atoms with E-state index >= 15 is 0 Å². The minimum absolute atomic E-state index is 0.0233. The second kappa shape index (κ2) is 12.2. The quantitative estimate of drug-likeness (QED) is 0.505. The number of amides is 2. The molecule has 3 N–H and O–H groups in total. The SMILES string of the molecule is CN=CC(=CN)c1ccc(C2CCN(C(=O)c3ccc(C)c(NC(=O)C4CCN(C5CCC5)C4)c3)CC2)cc1. The molecule has 3 aliphatic rings. The lowest BCUT2D eigenvalue weighted by Crippen LogP contribution is -2.39. The van der Waals surface area contributed by atoms with Crippen LogP contribution in [-0.2, 0) is 4.79 Å². The number of carbonyl (C=O) groups is 2. The van der Waals surface area contributed by atoms with Crippen molar-refractivity contribution in [3.8, 4) is 0 Å². The van der Waals surface area contributed by atoms with Gasteiger partial charge in [-0.3, -0.25) is 19.5 Å². The number of nitrogens with one attached hydrogen (secondary N) is 1. The highest BCUT2D eigenvalue weighted by molar-refractivity contribution is 6.09. The maximum atomic E-state index is 13.4. The van der Waals surface area contributed by atoms with Crippen LogP contribution in [0.3, 0.4) is 0 Å². The topological polar surface area (TPSA) is 91.0 Å². The highest BCUT2D eigenvalue weighted by Crippen LogP contribution is 2.32. The first-order chi connectivity index (χ1) is 19.0. The Morgan fingerprint density at radius 3 is 2.33 bits per heavy atom. The van der Waals surface area contributed by atoms with Crippen molar-refractivity contribution in [1.82, 2.24) is 9.80 Å². The van der Waals surface area contributed by atoms with Crippen molar-refractivity contribution in [3.05, 3.63) is 70.9 Å². The van der Waals surface area contributed by atoms with E-state index in [1.165, 1.54) is 24.8 Å². The number of carbonyl (C=O) groups excluding carboxylic acids is 2. The molecule has 2 aromatic carbocycles. The minimum atomic E-state index is 0.0233. The molecule has 7 heteroatoms. The van der Waals surface area contributed by atoms with Gasteiger partial charge in [0.2, 0.25) is 5.91 Å². The smallest absolute Gasteiger partial charge is 0.253 e. The summed E-state index contributed by atoms with van der Waals surface area (Å²) in [5.74, 6) is 0.558. The maximum Gasteiger partial charge on any atom is 0.253 e. The van der Waals surface area contributed by atoms with Crippen LogP contribution in [0.4, 0.5) is 5.69 Å². The fraction of sp³-hybridized carbons (Fsp3) is 0.469. The Bertz CT molecular complexity index is 1240. The molecular weight excluding hydrogens is 486 g/mol. The van der Waals surface area contributed by atoms with Crippen molar-refractivity contribution < 1.29 is 9.59 Å². The lowest BCUT2D eigenvalue weighted by atomic mass is 9.88. The van der Waals surface area contributed by atoms with Gasteiger partial charge in [0.25, 0.3) is 5.91 Å². The third-order valence-electron chi connectivity index (χ3n) is 8.87. The van der Waals surface area contributed by atoms with E-state index in [0.717, 1.165) is 67.8 Å². The minimum Gasteiger partial charge on any atom is -0.404 e. The van der Waals surface area contributed by atoms with Crippen LogP contribution in [0, 0.1) is 12.8 Å². The van der Waals surface area contributed by atoms with E-state index in [9.17, 15) is 9.59 Å². The van der Waals surface area contributed by atoms with E-state index in [2.05, 4.69) is 39.5 Å². The summed E-state index contributed by atoms with van der Waals surface area (Å²) in [6.07, 6.45) is 9.95. The zero-order chi connectivity index (χ0) is 27.4. The fourth-order valence-corrected chi connectivity index (χ4v) is 6.11. The van der Waals surface area contributed by atoms with Gasteiger partial charge in [-0.25, -0.2) is 0 Å². The summed E-state index contributed by atoms with van der Waals surface area (Å²) in [7, 11) is 1.74. The Kier molecular flexibility index (Phi) is 8.46. The van der Waals surface area contributed by atoms with Crippen molar-refractivity contribution >= 4 is 29.3 Å². The molecule has 7 nitrogen and oxygen atoms in total. The predicted molar refractivity (Wildman–Crippen MR) is 158 cm³/mol. The zero-order valence-corrected chi connectivity index (χ0v) is 23.2. The number of hydrogen-bond acceptors (Lipinski definition) is 5. The lowest BCUT2D eigenvalue weighted by molar-refractivity contribution is -0.119. The van der Waals surface area contributed by atoms with Crippen molar-refractivity contribution in [2.24, 2.45) is 16.6 Å². The first-order valence-corrected chi connectivity index (χ1v) is 14.4. The van der Waals surface area contributed by atoms with Crippen molar-refractivity contribution in [3.63, 3.8) is 0 Å². The number of nitrogens with two attached hydrogens (primary N) is 1. The number of allylic oxidation sites excluding steroid dienone is 1. The van der Waals surface area contributed by atoms with Crippen LogP contribution in [0.5, 0.6) is 0 Å². The Labute approximate surface area is 232 Å². The second-order valence-electron chi connectivity index (χ2n) is 11.3. The van der Waals surface area contributed by atoms with E-state index in [1.54, 1.807) is 19.5 Å². The first kappa shape index (κ1) is 27.1. The van der Waals surface area contributed by atoms with E-state index < -0.39 is 0 Å². The summed E-state index contributed by atoms with van der Waals surface area (Å²) in [5.41, 5.74) is 11.3. The molecule has 0 spiro atoms. The van der Waals surface area contributed by atoms with Gasteiger partial charge >= 0.3 is 0 Å². The molecule has 2 heterocycles. The summed E-state index contributed by atoms with van der Waals surface area (Å²) in [5, 5.41) is 3.14. The number of hydrogen-bond donors (Lipinski definition) is 2. The summed E-state index contributed by atoms with van der Waals surface area (Å²) < 4.78 is 0. The summed E-state index contributed by atoms with van der Waals surface area (Å²) in [6.45, 7) is 5.29. The Morgan fingerprint density at radius 1 is 0.974 bits per heavy atom. The molecule has 2 amide bonds. The van der Waals surface area contributed by atoms with Gasteiger partial charge in [0.05, 0.1) is 5.92 Å². The molecule has 2 aromatic rings. The molecule has 0 aromatic heterocycles. The highest BCUT2D eigenvalue weighted by atomic mass is 16.2. The molecule has 2 saturated heterocycles. The molecule has 206 valence electrons.